The molecule has 0 atom stereocenters. The zero-order chi connectivity index (χ0) is 12.1. The second-order valence-corrected chi connectivity index (χ2v) is 5.47. The number of nitrogens with one attached hydrogen (secondary N) is 1. The molecule has 0 spiro atoms. The van der Waals surface area contributed by atoms with Crippen LogP contribution in [0, 0.1) is 10.7 Å². The summed E-state index contributed by atoms with van der Waals surface area (Å²) in [6, 6.07) is 0. The molecule has 4 heteroatoms. The Balaban J connectivity index is 2.53. The third-order valence-electron chi connectivity index (χ3n) is 2.72. The summed E-state index contributed by atoms with van der Waals surface area (Å²) in [5.41, 5.74) is 0. The number of unbranched alkanes of at least 4 members (excludes halogenated alkanes) is 1. The van der Waals surface area contributed by atoms with Crippen molar-refractivity contribution in [2.24, 2.45) is 5.92 Å². The summed E-state index contributed by atoms with van der Waals surface area (Å²) >= 11 is 5.24. The molecule has 0 saturated carbocycles. The number of nitrogens with zero attached hydrogens (tertiary/aromatic N) is 2. The second kappa shape index (κ2) is 6.18. The van der Waals surface area contributed by atoms with Crippen molar-refractivity contribution in [1.82, 2.24) is 14.8 Å². The molecule has 1 aromatic rings. The first-order valence-electron chi connectivity index (χ1n) is 6.17. The molecule has 0 aliphatic carbocycles. The average Bonchev–Trinajstić information content (AvgIpc) is 2.54. The van der Waals surface area contributed by atoms with Crippen LogP contribution in [0.3, 0.4) is 0 Å². The second-order valence-electron chi connectivity index (χ2n) is 5.08. The van der Waals surface area contributed by atoms with Gasteiger partial charge in [0, 0.05) is 12.5 Å². The minimum Gasteiger partial charge on any atom is -0.304 e. The van der Waals surface area contributed by atoms with Crippen molar-refractivity contribution in [3.05, 3.63) is 10.6 Å². The highest BCUT2D eigenvalue weighted by Crippen LogP contribution is 2.14. The molecule has 0 amide bonds. The molecule has 1 N–H and O–H groups in total. The van der Waals surface area contributed by atoms with E-state index in [4.69, 9.17) is 12.2 Å². The monoisotopic (exact) mass is 241 g/mol. The Morgan fingerprint density at radius 2 is 1.94 bits per heavy atom. The van der Waals surface area contributed by atoms with Crippen molar-refractivity contribution in [1.29, 1.82) is 0 Å². The number of aromatic nitrogens is 3. The molecule has 3 nitrogen and oxygen atoms in total. The van der Waals surface area contributed by atoms with E-state index in [1.165, 1.54) is 19.3 Å². The van der Waals surface area contributed by atoms with Gasteiger partial charge in [0.25, 0.3) is 0 Å². The van der Waals surface area contributed by atoms with Crippen molar-refractivity contribution in [2.45, 2.75) is 59.4 Å². The zero-order valence-corrected chi connectivity index (χ0v) is 11.6. The number of rotatable bonds is 6. The fourth-order valence-corrected chi connectivity index (χ4v) is 2.04. The van der Waals surface area contributed by atoms with Gasteiger partial charge >= 0.3 is 0 Å². The first kappa shape index (κ1) is 13.4. The Hall–Kier alpha value is -0.640. The number of hydrogen-bond donors (Lipinski definition) is 1. The summed E-state index contributed by atoms with van der Waals surface area (Å²) in [5, 5.41) is 7.16. The van der Waals surface area contributed by atoms with Gasteiger partial charge in [-0.05, 0) is 24.6 Å². The summed E-state index contributed by atoms with van der Waals surface area (Å²) in [5.74, 6) is 2.30. The van der Waals surface area contributed by atoms with E-state index in [-0.39, 0.29) is 0 Å². The Morgan fingerprint density at radius 1 is 1.25 bits per heavy atom. The molecular weight excluding hydrogens is 218 g/mol. The molecule has 0 radical (unpaired) electrons. The van der Waals surface area contributed by atoms with Crippen LogP contribution in [0.25, 0.3) is 0 Å². The van der Waals surface area contributed by atoms with E-state index in [0.29, 0.717) is 5.92 Å². The smallest absolute Gasteiger partial charge is 0.195 e. The van der Waals surface area contributed by atoms with Gasteiger partial charge in [0.2, 0.25) is 0 Å². The highest BCUT2D eigenvalue weighted by atomic mass is 32.1. The molecule has 0 aliphatic heterocycles. The quantitative estimate of drug-likeness (QED) is 0.605. The van der Waals surface area contributed by atoms with E-state index in [0.717, 1.165) is 23.1 Å². The van der Waals surface area contributed by atoms with Crippen LogP contribution < -0.4 is 0 Å². The van der Waals surface area contributed by atoms with E-state index in [1.54, 1.807) is 0 Å². The lowest BCUT2D eigenvalue weighted by atomic mass is 10.1. The maximum Gasteiger partial charge on any atom is 0.195 e. The van der Waals surface area contributed by atoms with E-state index in [9.17, 15) is 0 Å². The van der Waals surface area contributed by atoms with Gasteiger partial charge in [-0.3, -0.25) is 5.10 Å². The van der Waals surface area contributed by atoms with Gasteiger partial charge in [-0.15, -0.1) is 0 Å². The van der Waals surface area contributed by atoms with Crippen molar-refractivity contribution in [2.75, 3.05) is 0 Å². The Morgan fingerprint density at radius 3 is 2.50 bits per heavy atom. The topological polar surface area (TPSA) is 33.6 Å². The first-order valence-corrected chi connectivity index (χ1v) is 6.58. The number of H-pyrrole nitrogens is 1. The maximum absolute atomic E-state index is 5.24. The maximum atomic E-state index is 5.24. The predicted octanol–water partition coefficient (Wildman–Crippen LogP) is 3.89. The molecule has 0 fully saturated rings. The Kier molecular flexibility index (Phi) is 5.19. The first-order chi connectivity index (χ1) is 7.52. The largest absolute Gasteiger partial charge is 0.304 e. The van der Waals surface area contributed by atoms with E-state index in [1.807, 2.05) is 0 Å². The Bertz CT molecular complexity index is 363. The summed E-state index contributed by atoms with van der Waals surface area (Å²) in [6.45, 7) is 9.83. The van der Waals surface area contributed by atoms with Gasteiger partial charge in [0.05, 0.1) is 0 Å². The lowest BCUT2D eigenvalue weighted by Crippen LogP contribution is -2.06. The molecule has 1 rings (SSSR count). The third kappa shape index (κ3) is 3.74. The predicted molar refractivity (Wildman–Crippen MR) is 70.2 cm³/mol. The van der Waals surface area contributed by atoms with Crippen molar-refractivity contribution < 1.29 is 0 Å². The summed E-state index contributed by atoms with van der Waals surface area (Å²) < 4.78 is 2.90. The summed E-state index contributed by atoms with van der Waals surface area (Å²) in [7, 11) is 0. The molecule has 0 saturated heterocycles. The molecule has 1 aromatic heterocycles. The van der Waals surface area contributed by atoms with Crippen LogP contribution >= 0.6 is 12.2 Å². The van der Waals surface area contributed by atoms with Gasteiger partial charge < -0.3 is 4.57 Å². The minimum absolute atomic E-state index is 0.429. The van der Waals surface area contributed by atoms with Crippen LogP contribution in [0.1, 0.15) is 58.7 Å². The fourth-order valence-electron chi connectivity index (χ4n) is 1.81. The van der Waals surface area contributed by atoms with Crippen LogP contribution in [0.15, 0.2) is 0 Å². The lowest BCUT2D eigenvalue weighted by Gasteiger charge is -2.09. The average molecular weight is 241 g/mol. The molecular formula is C12H23N3S. The molecule has 1 heterocycles. The minimum atomic E-state index is 0.429. The highest BCUT2D eigenvalue weighted by Gasteiger charge is 2.09. The van der Waals surface area contributed by atoms with E-state index < -0.39 is 0 Å². The number of hydrogen-bond acceptors (Lipinski definition) is 2. The van der Waals surface area contributed by atoms with Crippen molar-refractivity contribution >= 4 is 12.2 Å². The van der Waals surface area contributed by atoms with E-state index in [2.05, 4.69) is 42.5 Å². The van der Waals surface area contributed by atoms with Crippen LogP contribution in [0.4, 0.5) is 0 Å². The van der Waals surface area contributed by atoms with Crippen molar-refractivity contribution in [3.63, 3.8) is 0 Å². The van der Waals surface area contributed by atoms with Gasteiger partial charge in [-0.2, -0.15) is 5.10 Å². The zero-order valence-electron chi connectivity index (χ0n) is 10.8. The van der Waals surface area contributed by atoms with Crippen LogP contribution in [-0.4, -0.2) is 14.8 Å². The van der Waals surface area contributed by atoms with Gasteiger partial charge in [-0.25, -0.2) is 0 Å². The van der Waals surface area contributed by atoms with Crippen LogP contribution in [0.2, 0.25) is 0 Å². The van der Waals surface area contributed by atoms with E-state index >= 15 is 0 Å². The van der Waals surface area contributed by atoms with Gasteiger partial charge in [0.1, 0.15) is 5.82 Å². The van der Waals surface area contributed by atoms with Gasteiger partial charge in [0.15, 0.2) is 4.77 Å². The lowest BCUT2D eigenvalue weighted by molar-refractivity contribution is 0.497. The van der Waals surface area contributed by atoms with Crippen LogP contribution in [-0.2, 0) is 6.54 Å². The van der Waals surface area contributed by atoms with Crippen molar-refractivity contribution in [3.8, 4) is 0 Å². The molecule has 16 heavy (non-hydrogen) atoms. The molecule has 92 valence electrons. The standard InChI is InChI=1S/C12H23N3S/c1-9(2)7-5-6-8-15-11(10(3)4)13-14-12(15)16/h9-10H,5-8H2,1-4H3,(H,14,16). The highest BCUT2D eigenvalue weighted by molar-refractivity contribution is 7.71. The molecule has 0 unspecified atom stereocenters. The fraction of sp³-hybridized carbons (Fsp3) is 0.833. The molecule has 0 aromatic carbocycles. The Labute approximate surface area is 103 Å². The molecule has 0 bridgehead atoms. The number of aromatic amines is 1. The SMILES string of the molecule is CC(C)CCCCn1c(C(C)C)n[nH]c1=S. The summed E-state index contributed by atoms with van der Waals surface area (Å²) in [6.07, 6.45) is 3.75. The van der Waals surface area contributed by atoms with Gasteiger partial charge in [-0.1, -0.05) is 40.5 Å². The third-order valence-corrected chi connectivity index (χ3v) is 3.03. The summed E-state index contributed by atoms with van der Waals surface area (Å²) in [4.78, 5) is 0. The van der Waals surface area contributed by atoms with Crippen LogP contribution in [0.5, 0.6) is 0 Å². The molecule has 0 aliphatic rings. The normalized spacial score (nSPS) is 11.6.